The predicted molar refractivity (Wildman–Crippen MR) is 48.6 cm³/mol. The summed E-state index contributed by atoms with van der Waals surface area (Å²) < 4.78 is 40.3. The number of rotatable bonds is 4. The van der Waals surface area contributed by atoms with Gasteiger partial charge in [-0.3, -0.25) is 0 Å². The van der Waals surface area contributed by atoms with E-state index in [-0.39, 0.29) is 12.4 Å². The van der Waals surface area contributed by atoms with Crippen LogP contribution in [0, 0.1) is 5.92 Å². The van der Waals surface area contributed by atoms with Crippen LogP contribution in [0.3, 0.4) is 0 Å². The molecule has 1 aliphatic carbocycles. The lowest BCUT2D eigenvalue weighted by molar-refractivity contribution is -0.125. The lowest BCUT2D eigenvalue weighted by Crippen LogP contribution is -2.28. The van der Waals surface area contributed by atoms with E-state index in [2.05, 4.69) is 22.4 Å². The van der Waals surface area contributed by atoms with Crippen molar-refractivity contribution in [1.82, 2.24) is 15.5 Å². The molecular weight excluding hydrogens is 223 g/mol. The quantitative estimate of drug-likeness (QED) is 0.865. The number of nitrogens with zero attached hydrogens (tertiary/aromatic N) is 2. The van der Waals surface area contributed by atoms with E-state index in [1.165, 1.54) is 0 Å². The standard InChI is InChI=1S/C9H12F3N3O/c1-5-2-6(5)8-14-7(16-15-8)3-13-4-9(10,11)12/h5-6,13H,2-4H2,1H3. The fourth-order valence-electron chi connectivity index (χ4n) is 1.48. The monoisotopic (exact) mass is 235 g/mol. The van der Waals surface area contributed by atoms with Crippen molar-refractivity contribution in [2.24, 2.45) is 5.92 Å². The normalized spacial score (nSPS) is 24.8. The molecule has 2 unspecified atom stereocenters. The smallest absolute Gasteiger partial charge is 0.338 e. The minimum atomic E-state index is -4.21. The van der Waals surface area contributed by atoms with E-state index in [0.29, 0.717) is 17.7 Å². The van der Waals surface area contributed by atoms with Gasteiger partial charge in [-0.05, 0) is 12.3 Å². The largest absolute Gasteiger partial charge is 0.401 e. The first kappa shape index (κ1) is 11.4. The molecule has 0 saturated heterocycles. The molecule has 0 amide bonds. The van der Waals surface area contributed by atoms with E-state index in [1.54, 1.807) is 0 Å². The first-order valence-electron chi connectivity index (χ1n) is 5.05. The highest BCUT2D eigenvalue weighted by atomic mass is 19.4. The zero-order chi connectivity index (χ0) is 11.8. The Kier molecular flexibility index (Phi) is 2.88. The van der Waals surface area contributed by atoms with Gasteiger partial charge in [-0.25, -0.2) is 0 Å². The van der Waals surface area contributed by atoms with Gasteiger partial charge >= 0.3 is 6.18 Å². The maximum Gasteiger partial charge on any atom is 0.401 e. The van der Waals surface area contributed by atoms with Gasteiger partial charge < -0.3 is 9.84 Å². The Hall–Kier alpha value is -1.11. The van der Waals surface area contributed by atoms with Crippen molar-refractivity contribution in [3.63, 3.8) is 0 Å². The van der Waals surface area contributed by atoms with Crippen LogP contribution in [0.4, 0.5) is 13.2 Å². The van der Waals surface area contributed by atoms with Crippen LogP contribution >= 0.6 is 0 Å². The molecule has 7 heteroatoms. The van der Waals surface area contributed by atoms with Gasteiger partial charge in [0.15, 0.2) is 5.82 Å². The average Bonchev–Trinajstić information content (AvgIpc) is 2.72. The third kappa shape index (κ3) is 2.94. The molecule has 0 bridgehead atoms. The highest BCUT2D eigenvalue weighted by molar-refractivity contribution is 5.07. The fourth-order valence-corrected chi connectivity index (χ4v) is 1.48. The summed E-state index contributed by atoms with van der Waals surface area (Å²) in [6, 6.07) is 0. The zero-order valence-electron chi connectivity index (χ0n) is 8.71. The van der Waals surface area contributed by atoms with Crippen LogP contribution in [0.1, 0.15) is 31.0 Å². The van der Waals surface area contributed by atoms with Gasteiger partial charge in [-0.2, -0.15) is 18.2 Å². The molecule has 90 valence electrons. The lowest BCUT2D eigenvalue weighted by Gasteiger charge is -2.05. The molecule has 2 rings (SSSR count). The Morgan fingerprint density at radius 3 is 2.75 bits per heavy atom. The molecule has 2 atom stereocenters. The van der Waals surface area contributed by atoms with E-state index in [1.807, 2.05) is 0 Å². The summed E-state index contributed by atoms with van der Waals surface area (Å²) in [6.45, 7) is 0.973. The van der Waals surface area contributed by atoms with Crippen LogP contribution < -0.4 is 5.32 Å². The molecule has 0 aliphatic heterocycles. The molecule has 1 aliphatic rings. The molecule has 4 nitrogen and oxygen atoms in total. The van der Waals surface area contributed by atoms with Crippen molar-refractivity contribution in [3.05, 3.63) is 11.7 Å². The number of aromatic nitrogens is 2. The molecule has 16 heavy (non-hydrogen) atoms. The summed E-state index contributed by atoms with van der Waals surface area (Å²) in [6.07, 6.45) is -3.19. The van der Waals surface area contributed by atoms with Crippen LogP contribution in [-0.2, 0) is 6.54 Å². The predicted octanol–water partition coefficient (Wildman–Crippen LogP) is 1.84. The van der Waals surface area contributed by atoms with Gasteiger partial charge in [0.2, 0.25) is 5.89 Å². The summed E-state index contributed by atoms with van der Waals surface area (Å²) >= 11 is 0. The Morgan fingerprint density at radius 1 is 1.50 bits per heavy atom. The van der Waals surface area contributed by atoms with Crippen LogP contribution in [0.25, 0.3) is 0 Å². The Labute approximate surface area is 90.2 Å². The molecule has 0 spiro atoms. The van der Waals surface area contributed by atoms with Gasteiger partial charge in [0.1, 0.15) is 0 Å². The summed E-state index contributed by atoms with van der Waals surface area (Å²) in [5.41, 5.74) is 0. The Morgan fingerprint density at radius 2 is 2.19 bits per heavy atom. The first-order chi connectivity index (χ1) is 7.46. The maximum atomic E-state index is 11.8. The topological polar surface area (TPSA) is 51.0 Å². The van der Waals surface area contributed by atoms with Crippen LogP contribution in [0.2, 0.25) is 0 Å². The molecule has 1 aromatic heterocycles. The Balaban J connectivity index is 1.79. The Bertz CT molecular complexity index is 363. The maximum absolute atomic E-state index is 11.8. The molecule has 1 heterocycles. The minimum absolute atomic E-state index is 0.0480. The van der Waals surface area contributed by atoms with Crippen molar-refractivity contribution >= 4 is 0 Å². The van der Waals surface area contributed by atoms with Crippen molar-refractivity contribution < 1.29 is 17.7 Å². The third-order valence-electron chi connectivity index (χ3n) is 2.53. The third-order valence-corrected chi connectivity index (χ3v) is 2.53. The van der Waals surface area contributed by atoms with Crippen LogP contribution in [-0.4, -0.2) is 22.9 Å². The number of nitrogens with one attached hydrogen (secondary N) is 1. The molecule has 0 aromatic carbocycles. The molecular formula is C9H12F3N3O. The second-order valence-corrected chi connectivity index (χ2v) is 4.08. The van der Waals surface area contributed by atoms with Gasteiger partial charge in [0.05, 0.1) is 13.1 Å². The summed E-state index contributed by atoms with van der Waals surface area (Å²) in [5, 5.41) is 5.94. The zero-order valence-corrected chi connectivity index (χ0v) is 8.71. The van der Waals surface area contributed by atoms with Gasteiger partial charge in [-0.1, -0.05) is 12.1 Å². The van der Waals surface area contributed by atoms with Crippen molar-refractivity contribution in [2.45, 2.75) is 32.0 Å². The van der Waals surface area contributed by atoms with Gasteiger partial charge in [0.25, 0.3) is 0 Å². The van der Waals surface area contributed by atoms with E-state index < -0.39 is 12.7 Å². The van der Waals surface area contributed by atoms with Gasteiger partial charge in [-0.15, -0.1) is 0 Å². The first-order valence-corrected chi connectivity index (χ1v) is 5.05. The van der Waals surface area contributed by atoms with E-state index in [9.17, 15) is 13.2 Å². The number of hydrogen-bond donors (Lipinski definition) is 1. The van der Waals surface area contributed by atoms with Gasteiger partial charge in [0, 0.05) is 5.92 Å². The van der Waals surface area contributed by atoms with Crippen LogP contribution in [0.15, 0.2) is 4.52 Å². The summed E-state index contributed by atoms with van der Waals surface area (Å²) in [5.74, 6) is 1.68. The second-order valence-electron chi connectivity index (χ2n) is 4.08. The highest BCUT2D eigenvalue weighted by Crippen LogP contribution is 2.45. The SMILES string of the molecule is CC1CC1c1noc(CNCC(F)(F)F)n1. The van der Waals surface area contributed by atoms with Crippen LogP contribution in [0.5, 0.6) is 0 Å². The highest BCUT2D eigenvalue weighted by Gasteiger charge is 2.38. The molecule has 1 aromatic rings. The van der Waals surface area contributed by atoms with Crippen molar-refractivity contribution in [1.29, 1.82) is 0 Å². The summed E-state index contributed by atoms with van der Waals surface area (Å²) in [4.78, 5) is 4.03. The number of halogens is 3. The molecule has 1 saturated carbocycles. The summed E-state index contributed by atoms with van der Waals surface area (Å²) in [7, 11) is 0. The number of alkyl halides is 3. The number of hydrogen-bond acceptors (Lipinski definition) is 4. The van der Waals surface area contributed by atoms with E-state index in [0.717, 1.165) is 6.42 Å². The van der Waals surface area contributed by atoms with Crippen molar-refractivity contribution in [2.75, 3.05) is 6.54 Å². The fraction of sp³-hybridized carbons (Fsp3) is 0.778. The molecule has 1 fully saturated rings. The minimum Gasteiger partial charge on any atom is -0.338 e. The van der Waals surface area contributed by atoms with Crippen molar-refractivity contribution in [3.8, 4) is 0 Å². The average molecular weight is 235 g/mol. The van der Waals surface area contributed by atoms with E-state index in [4.69, 9.17) is 4.52 Å². The van der Waals surface area contributed by atoms with E-state index >= 15 is 0 Å². The second kappa shape index (κ2) is 4.04. The lowest BCUT2D eigenvalue weighted by atomic mass is 10.3. The molecule has 0 radical (unpaired) electrons. The molecule has 1 N–H and O–H groups in total.